The Hall–Kier alpha value is -3.00. The van der Waals surface area contributed by atoms with Gasteiger partial charge in [0.25, 0.3) is 6.47 Å². The number of piperidine rings is 1. The predicted octanol–water partition coefficient (Wildman–Crippen LogP) is 5.13. The van der Waals surface area contributed by atoms with Gasteiger partial charge in [0.2, 0.25) is 0 Å². The third-order valence-electron chi connectivity index (χ3n) is 6.71. The molecular formula is C31H41NO6. The van der Waals surface area contributed by atoms with Gasteiger partial charge in [0.1, 0.15) is 5.60 Å². The summed E-state index contributed by atoms with van der Waals surface area (Å²) >= 11 is 0. The normalized spacial score (nSPS) is 23.1. The lowest BCUT2D eigenvalue weighted by atomic mass is 9.81. The molecule has 38 heavy (non-hydrogen) atoms. The molecule has 0 radical (unpaired) electrons. The van der Waals surface area contributed by atoms with E-state index in [1.807, 2.05) is 39.8 Å². The maximum atomic E-state index is 12.4. The molecule has 1 aliphatic heterocycles. The minimum absolute atomic E-state index is 0.0776. The zero-order valence-electron chi connectivity index (χ0n) is 23.2. The fourth-order valence-electron chi connectivity index (χ4n) is 4.61. The molecule has 1 fully saturated rings. The van der Waals surface area contributed by atoms with Crippen LogP contribution in [0.1, 0.15) is 46.1 Å². The summed E-state index contributed by atoms with van der Waals surface area (Å²) in [5.74, 6) is -0.0477. The van der Waals surface area contributed by atoms with E-state index in [0.29, 0.717) is 26.1 Å². The summed E-state index contributed by atoms with van der Waals surface area (Å²) in [6, 6.07) is 14.9. The summed E-state index contributed by atoms with van der Waals surface area (Å²) in [4.78, 5) is 22.0. The number of hydrogen-bond donors (Lipinski definition) is 1. The first kappa shape index (κ1) is 29.6. The van der Waals surface area contributed by atoms with Gasteiger partial charge in [-0.2, -0.15) is 0 Å². The van der Waals surface area contributed by atoms with Gasteiger partial charge in [0.05, 0.1) is 19.3 Å². The maximum Gasteiger partial charge on any atom is 0.342 e. The van der Waals surface area contributed by atoms with Crippen LogP contribution in [0.5, 0.6) is 0 Å². The Morgan fingerprint density at radius 3 is 2.53 bits per heavy atom. The molecule has 1 heterocycles. The van der Waals surface area contributed by atoms with Gasteiger partial charge in [-0.1, -0.05) is 48.6 Å². The SMILES string of the molecule is CC(C)(C)OC=O.CCOC(=O)C1(OC)C=CC(C2CCNCC2OCc2ccc3ccccc3c2)=CC1. The van der Waals surface area contributed by atoms with Crippen molar-refractivity contribution in [2.45, 2.75) is 64.4 Å². The Kier molecular flexibility index (Phi) is 10.6. The van der Waals surface area contributed by atoms with Crippen molar-refractivity contribution in [3.8, 4) is 0 Å². The first-order valence-corrected chi connectivity index (χ1v) is 13.2. The van der Waals surface area contributed by atoms with Crippen molar-refractivity contribution < 1.29 is 28.5 Å². The van der Waals surface area contributed by atoms with E-state index in [4.69, 9.17) is 14.2 Å². The molecule has 7 nitrogen and oxygen atoms in total. The highest BCUT2D eigenvalue weighted by molar-refractivity contribution is 5.83. The van der Waals surface area contributed by atoms with E-state index in [1.54, 1.807) is 7.11 Å². The van der Waals surface area contributed by atoms with Gasteiger partial charge in [-0.3, -0.25) is 4.79 Å². The molecule has 2 aromatic carbocycles. The average Bonchev–Trinajstić information content (AvgIpc) is 2.92. The largest absolute Gasteiger partial charge is 0.464 e. The van der Waals surface area contributed by atoms with Gasteiger partial charge in [-0.25, -0.2) is 4.79 Å². The van der Waals surface area contributed by atoms with E-state index in [9.17, 15) is 9.59 Å². The molecule has 1 aliphatic carbocycles. The van der Waals surface area contributed by atoms with Crippen LogP contribution in [-0.2, 0) is 35.1 Å². The topological polar surface area (TPSA) is 83.1 Å². The van der Waals surface area contributed by atoms with E-state index in [0.717, 1.165) is 19.5 Å². The zero-order valence-corrected chi connectivity index (χ0v) is 23.2. The van der Waals surface area contributed by atoms with Crippen LogP contribution in [-0.4, -0.2) is 56.6 Å². The van der Waals surface area contributed by atoms with Gasteiger partial charge in [0.15, 0.2) is 5.60 Å². The van der Waals surface area contributed by atoms with Gasteiger partial charge in [-0.05, 0) is 74.7 Å². The number of methoxy groups -OCH3 is 1. The Balaban J connectivity index is 0.000000505. The first-order chi connectivity index (χ1) is 18.2. The number of nitrogens with one attached hydrogen (secondary N) is 1. The summed E-state index contributed by atoms with van der Waals surface area (Å²) < 4.78 is 21.7. The third kappa shape index (κ3) is 8.00. The van der Waals surface area contributed by atoms with E-state index < -0.39 is 5.60 Å². The first-order valence-electron chi connectivity index (χ1n) is 13.2. The van der Waals surface area contributed by atoms with Crippen LogP contribution < -0.4 is 5.32 Å². The van der Waals surface area contributed by atoms with Gasteiger partial charge < -0.3 is 24.3 Å². The summed E-state index contributed by atoms with van der Waals surface area (Å²) in [7, 11) is 1.56. The molecule has 3 unspecified atom stereocenters. The van der Waals surface area contributed by atoms with Crippen LogP contribution in [0.3, 0.4) is 0 Å². The molecule has 1 N–H and O–H groups in total. The molecule has 206 valence electrons. The maximum absolute atomic E-state index is 12.4. The fourth-order valence-corrected chi connectivity index (χ4v) is 4.61. The van der Waals surface area contributed by atoms with Crippen LogP contribution in [0.15, 0.2) is 66.3 Å². The lowest BCUT2D eigenvalue weighted by molar-refractivity contribution is -0.162. The number of hydrogen-bond acceptors (Lipinski definition) is 7. The number of rotatable bonds is 8. The summed E-state index contributed by atoms with van der Waals surface area (Å²) in [6.07, 6.45) is 7.54. The van der Waals surface area contributed by atoms with Crippen molar-refractivity contribution in [2.24, 2.45) is 5.92 Å². The Labute approximate surface area is 226 Å². The van der Waals surface area contributed by atoms with Crippen LogP contribution >= 0.6 is 0 Å². The van der Waals surface area contributed by atoms with E-state index in [2.05, 4.69) is 58.6 Å². The average molecular weight is 524 g/mol. The standard InChI is InChI=1S/C26H31NO4.C5H10O2/c1-3-30-25(28)26(29-2)13-10-21(11-14-26)23-12-15-27-17-24(23)31-18-19-8-9-20-6-4-5-7-22(20)16-19;1-5(2,3)7-4-6/h4-11,13,16,23-24,27H,3,12,14-15,17-18H2,1-2H3;4H,1-3H3. The highest BCUT2D eigenvalue weighted by Gasteiger charge is 2.40. The minimum atomic E-state index is -1.02. The molecule has 0 spiro atoms. The number of carbonyl (C=O) groups is 2. The van der Waals surface area contributed by atoms with E-state index in [-0.39, 0.29) is 23.6 Å². The molecule has 2 aliphatic rings. The molecule has 2 aromatic rings. The van der Waals surface area contributed by atoms with Crippen molar-refractivity contribution >= 4 is 23.2 Å². The van der Waals surface area contributed by atoms with Crippen molar-refractivity contribution in [3.05, 3.63) is 71.8 Å². The third-order valence-corrected chi connectivity index (χ3v) is 6.71. The molecule has 0 bridgehead atoms. The highest BCUT2D eigenvalue weighted by atomic mass is 16.6. The molecule has 0 amide bonds. The van der Waals surface area contributed by atoms with E-state index >= 15 is 0 Å². The smallest absolute Gasteiger partial charge is 0.342 e. The molecular weight excluding hydrogens is 482 g/mol. The number of allylic oxidation sites excluding steroid dienone is 1. The fraction of sp³-hybridized carbons (Fsp3) is 0.484. The number of esters is 1. The number of benzene rings is 2. The zero-order chi connectivity index (χ0) is 27.6. The molecule has 0 aromatic heterocycles. The molecule has 1 saturated heterocycles. The van der Waals surface area contributed by atoms with Crippen molar-refractivity contribution in [3.63, 3.8) is 0 Å². The Morgan fingerprint density at radius 2 is 1.92 bits per heavy atom. The van der Waals surface area contributed by atoms with Crippen LogP contribution in [0.4, 0.5) is 0 Å². The summed E-state index contributed by atoms with van der Waals surface area (Å²) in [6.45, 7) is 10.4. The second-order valence-corrected chi connectivity index (χ2v) is 10.5. The number of carbonyl (C=O) groups excluding carboxylic acids is 2. The van der Waals surface area contributed by atoms with Crippen LogP contribution in [0, 0.1) is 5.92 Å². The summed E-state index contributed by atoms with van der Waals surface area (Å²) in [5, 5.41) is 5.93. The predicted molar refractivity (Wildman–Crippen MR) is 149 cm³/mol. The molecule has 7 heteroatoms. The monoisotopic (exact) mass is 523 g/mol. The van der Waals surface area contributed by atoms with Crippen molar-refractivity contribution in [1.82, 2.24) is 5.32 Å². The summed E-state index contributed by atoms with van der Waals surface area (Å²) in [5.41, 5.74) is 1.05. The Morgan fingerprint density at radius 1 is 1.16 bits per heavy atom. The number of fused-ring (bicyclic) bond motifs is 1. The lowest BCUT2D eigenvalue weighted by Crippen LogP contribution is -2.44. The van der Waals surface area contributed by atoms with Gasteiger partial charge >= 0.3 is 5.97 Å². The minimum Gasteiger partial charge on any atom is -0.464 e. The Bertz CT molecular complexity index is 1130. The second kappa shape index (κ2) is 13.7. The molecule has 3 atom stereocenters. The van der Waals surface area contributed by atoms with Gasteiger partial charge in [0, 0.05) is 26.0 Å². The molecule has 0 saturated carbocycles. The highest BCUT2D eigenvalue weighted by Crippen LogP contribution is 2.33. The van der Waals surface area contributed by atoms with E-state index in [1.165, 1.54) is 21.9 Å². The number of ether oxygens (including phenoxy) is 4. The lowest BCUT2D eigenvalue weighted by Gasteiger charge is -2.36. The quantitative estimate of drug-likeness (QED) is 0.380. The van der Waals surface area contributed by atoms with Crippen molar-refractivity contribution in [1.29, 1.82) is 0 Å². The van der Waals surface area contributed by atoms with Crippen LogP contribution in [0.2, 0.25) is 0 Å². The second-order valence-electron chi connectivity index (χ2n) is 10.5. The van der Waals surface area contributed by atoms with Gasteiger partial charge in [-0.15, -0.1) is 0 Å². The van der Waals surface area contributed by atoms with Crippen LogP contribution in [0.25, 0.3) is 10.8 Å². The molecule has 4 rings (SSSR count). The van der Waals surface area contributed by atoms with Crippen molar-refractivity contribution in [2.75, 3.05) is 26.8 Å².